The van der Waals surface area contributed by atoms with Crippen molar-refractivity contribution in [2.75, 3.05) is 6.61 Å². The quantitative estimate of drug-likeness (QED) is 0.621. The molecule has 0 aliphatic rings. The van der Waals surface area contributed by atoms with E-state index in [2.05, 4.69) is 4.98 Å². The van der Waals surface area contributed by atoms with Crippen molar-refractivity contribution < 1.29 is 24.5 Å². The number of rotatable bonds is 5. The molecule has 0 saturated carbocycles. The Balaban J connectivity index is 2.70. The van der Waals surface area contributed by atoms with Crippen LogP contribution in [0.15, 0.2) is 18.3 Å². The third-order valence-electron chi connectivity index (χ3n) is 2.49. The summed E-state index contributed by atoms with van der Waals surface area (Å²) < 4.78 is 4.88. The van der Waals surface area contributed by atoms with E-state index in [9.17, 15) is 25.0 Å². The summed E-state index contributed by atoms with van der Waals surface area (Å²) in [5.41, 5.74) is -1.12. The summed E-state index contributed by atoms with van der Waals surface area (Å²) in [5, 5.41) is 30.5. The number of aliphatic carboxylic acids is 1. The molecule has 1 aromatic heterocycles. The lowest BCUT2D eigenvalue weighted by molar-refractivity contribution is -0.393. The van der Waals surface area contributed by atoms with E-state index in [1.165, 1.54) is 12.3 Å². The van der Waals surface area contributed by atoms with Crippen molar-refractivity contribution in [3.63, 3.8) is 0 Å². The van der Waals surface area contributed by atoms with E-state index in [0.717, 1.165) is 6.07 Å². The molecule has 10 heteroatoms. The molecule has 0 atom stereocenters. The highest BCUT2D eigenvalue weighted by Gasteiger charge is 2.27. The monoisotopic (exact) mass is 281 g/mol. The lowest BCUT2D eigenvalue weighted by Crippen LogP contribution is -2.11. The zero-order chi connectivity index (χ0) is 14.9. The highest BCUT2D eigenvalue weighted by Crippen LogP contribution is 2.40. The molecule has 0 radical (unpaired) electrons. The SMILES string of the molecule is O=C(O)COc1c([N+](=O)[O-])cc([N+](=O)[O-])c2[nH]ccc12. The van der Waals surface area contributed by atoms with Gasteiger partial charge in [0.05, 0.1) is 15.2 Å². The van der Waals surface area contributed by atoms with Crippen LogP contribution in [0.4, 0.5) is 11.4 Å². The normalized spacial score (nSPS) is 10.4. The molecular formula is C10H7N3O7. The van der Waals surface area contributed by atoms with Gasteiger partial charge in [0.1, 0.15) is 11.6 Å². The van der Waals surface area contributed by atoms with Crippen LogP contribution in [0.1, 0.15) is 0 Å². The largest absolute Gasteiger partial charge is 0.479 e. The van der Waals surface area contributed by atoms with Gasteiger partial charge in [0, 0.05) is 6.20 Å². The second kappa shape index (κ2) is 4.84. The maximum absolute atomic E-state index is 11.0. The van der Waals surface area contributed by atoms with Crippen molar-refractivity contribution in [2.24, 2.45) is 0 Å². The van der Waals surface area contributed by atoms with Gasteiger partial charge in [-0.3, -0.25) is 20.2 Å². The molecule has 0 fully saturated rings. The molecule has 1 heterocycles. The first-order valence-corrected chi connectivity index (χ1v) is 5.19. The predicted molar refractivity (Wildman–Crippen MR) is 64.7 cm³/mol. The van der Waals surface area contributed by atoms with E-state index in [0.29, 0.717) is 0 Å². The Bertz CT molecular complexity index is 721. The fourth-order valence-electron chi connectivity index (χ4n) is 1.74. The second-order valence-electron chi connectivity index (χ2n) is 3.71. The number of nitrogens with zero attached hydrogens (tertiary/aromatic N) is 2. The van der Waals surface area contributed by atoms with E-state index in [1.807, 2.05) is 0 Å². The minimum atomic E-state index is -1.32. The van der Waals surface area contributed by atoms with E-state index >= 15 is 0 Å². The lowest BCUT2D eigenvalue weighted by Gasteiger charge is -2.06. The summed E-state index contributed by atoms with van der Waals surface area (Å²) in [6, 6.07) is 2.07. The Hall–Kier alpha value is -3.17. The molecule has 0 aliphatic carbocycles. The summed E-state index contributed by atoms with van der Waals surface area (Å²) >= 11 is 0. The van der Waals surface area contributed by atoms with Crippen LogP contribution in [0.3, 0.4) is 0 Å². The van der Waals surface area contributed by atoms with Crippen molar-refractivity contribution in [3.8, 4) is 5.75 Å². The van der Waals surface area contributed by atoms with E-state index in [-0.39, 0.29) is 16.7 Å². The number of ether oxygens (including phenoxy) is 1. The Morgan fingerprint density at radius 2 is 1.95 bits per heavy atom. The zero-order valence-electron chi connectivity index (χ0n) is 9.73. The van der Waals surface area contributed by atoms with Crippen LogP contribution in [-0.2, 0) is 4.79 Å². The van der Waals surface area contributed by atoms with Crippen LogP contribution in [0.5, 0.6) is 5.75 Å². The van der Waals surface area contributed by atoms with Gasteiger partial charge in [-0.15, -0.1) is 0 Å². The van der Waals surface area contributed by atoms with Crippen molar-refractivity contribution in [2.45, 2.75) is 0 Å². The first kappa shape index (κ1) is 13.3. The van der Waals surface area contributed by atoms with Gasteiger partial charge in [-0.05, 0) is 6.07 Å². The van der Waals surface area contributed by atoms with Crippen molar-refractivity contribution in [1.82, 2.24) is 4.98 Å². The first-order chi connectivity index (χ1) is 9.41. The number of carboxylic acids is 1. The van der Waals surface area contributed by atoms with Crippen LogP contribution in [-0.4, -0.2) is 32.5 Å². The van der Waals surface area contributed by atoms with Crippen LogP contribution in [0.25, 0.3) is 10.9 Å². The molecule has 2 aromatic rings. The molecular weight excluding hydrogens is 274 g/mol. The number of aromatic amines is 1. The fourth-order valence-corrected chi connectivity index (χ4v) is 1.74. The Morgan fingerprint density at radius 3 is 2.50 bits per heavy atom. The summed E-state index contributed by atoms with van der Waals surface area (Å²) in [4.78, 5) is 33.3. The Morgan fingerprint density at radius 1 is 1.30 bits per heavy atom. The van der Waals surface area contributed by atoms with Crippen LogP contribution < -0.4 is 4.74 Å². The van der Waals surface area contributed by atoms with Crippen molar-refractivity contribution >= 4 is 28.2 Å². The number of nitro benzene ring substituents is 2. The van der Waals surface area contributed by atoms with Crippen LogP contribution in [0.2, 0.25) is 0 Å². The summed E-state index contributed by atoms with van der Waals surface area (Å²) in [5.74, 6) is -1.64. The van der Waals surface area contributed by atoms with Gasteiger partial charge in [-0.2, -0.15) is 0 Å². The zero-order valence-corrected chi connectivity index (χ0v) is 9.73. The topological polar surface area (TPSA) is 149 Å². The molecule has 10 nitrogen and oxygen atoms in total. The van der Waals surface area contributed by atoms with E-state index in [4.69, 9.17) is 9.84 Å². The fraction of sp³-hybridized carbons (Fsp3) is 0.100. The maximum Gasteiger partial charge on any atom is 0.341 e. The number of nitrogens with one attached hydrogen (secondary N) is 1. The first-order valence-electron chi connectivity index (χ1n) is 5.19. The summed E-state index contributed by atoms with van der Waals surface area (Å²) in [6.07, 6.45) is 1.34. The number of hydrogen-bond acceptors (Lipinski definition) is 6. The number of non-ortho nitro benzene ring substituents is 1. The van der Waals surface area contributed by atoms with E-state index < -0.39 is 33.8 Å². The average molecular weight is 281 g/mol. The smallest absolute Gasteiger partial charge is 0.341 e. The minimum Gasteiger partial charge on any atom is -0.479 e. The minimum absolute atomic E-state index is 0.0287. The van der Waals surface area contributed by atoms with Crippen molar-refractivity contribution in [3.05, 3.63) is 38.6 Å². The molecule has 1 aromatic carbocycles. The Labute approximate surface area is 109 Å². The third kappa shape index (κ3) is 2.21. The predicted octanol–water partition coefficient (Wildman–Crippen LogP) is 1.45. The van der Waals surface area contributed by atoms with Gasteiger partial charge in [-0.25, -0.2) is 4.79 Å². The highest BCUT2D eigenvalue weighted by molar-refractivity contribution is 5.96. The maximum atomic E-state index is 11.0. The Kier molecular flexibility index (Phi) is 3.21. The molecule has 2 N–H and O–H groups in total. The number of carboxylic acid groups (broad SMARTS) is 1. The van der Waals surface area contributed by atoms with Gasteiger partial charge in [0.2, 0.25) is 5.75 Å². The molecule has 2 rings (SSSR count). The second-order valence-corrected chi connectivity index (χ2v) is 3.71. The molecule has 0 aliphatic heterocycles. The van der Waals surface area contributed by atoms with Gasteiger partial charge in [0.15, 0.2) is 6.61 Å². The molecule has 0 spiro atoms. The highest BCUT2D eigenvalue weighted by atomic mass is 16.6. The summed E-state index contributed by atoms with van der Waals surface area (Å²) in [7, 11) is 0. The number of H-pyrrole nitrogens is 1. The standard InChI is InChI=1S/C10H7N3O7/c14-8(15)4-20-10-5-1-2-11-9(5)6(12(16)17)3-7(10)13(18)19/h1-3,11H,4H2,(H,14,15). The van der Waals surface area contributed by atoms with Gasteiger partial charge < -0.3 is 14.8 Å². The van der Waals surface area contributed by atoms with Crippen molar-refractivity contribution in [1.29, 1.82) is 0 Å². The number of benzene rings is 1. The lowest BCUT2D eigenvalue weighted by atomic mass is 10.2. The van der Waals surface area contributed by atoms with Gasteiger partial charge in [-0.1, -0.05) is 0 Å². The molecule has 104 valence electrons. The molecule has 0 bridgehead atoms. The van der Waals surface area contributed by atoms with Gasteiger partial charge >= 0.3 is 11.7 Å². The van der Waals surface area contributed by atoms with Crippen LogP contribution in [0, 0.1) is 20.2 Å². The number of nitro groups is 2. The molecule has 0 saturated heterocycles. The number of aromatic nitrogens is 1. The van der Waals surface area contributed by atoms with Crippen LogP contribution >= 0.6 is 0 Å². The average Bonchev–Trinajstić information content (AvgIpc) is 2.83. The number of carbonyl (C=O) groups is 1. The molecule has 0 amide bonds. The van der Waals surface area contributed by atoms with E-state index in [1.54, 1.807) is 0 Å². The third-order valence-corrected chi connectivity index (χ3v) is 2.49. The number of fused-ring (bicyclic) bond motifs is 1. The molecule has 20 heavy (non-hydrogen) atoms. The molecule has 0 unspecified atom stereocenters. The van der Waals surface area contributed by atoms with Gasteiger partial charge in [0.25, 0.3) is 5.69 Å². The summed E-state index contributed by atoms with van der Waals surface area (Å²) in [6.45, 7) is -0.793. The number of hydrogen-bond donors (Lipinski definition) is 2.